The molecule has 0 saturated carbocycles. The molecule has 0 amide bonds. The van der Waals surface area contributed by atoms with Crippen LogP contribution in [0.3, 0.4) is 0 Å². The predicted octanol–water partition coefficient (Wildman–Crippen LogP) is 1.34. The van der Waals surface area contributed by atoms with Gasteiger partial charge >= 0.3 is 0 Å². The molecule has 0 saturated heterocycles. The minimum atomic E-state index is 0. The zero-order valence-electron chi connectivity index (χ0n) is 14.1. The van der Waals surface area contributed by atoms with Gasteiger partial charge in [0.2, 0.25) is 5.89 Å². The summed E-state index contributed by atoms with van der Waals surface area (Å²) >= 11 is 0. The largest absolute Gasteiger partial charge is 0.357 e. The number of guanidine groups is 1. The maximum Gasteiger partial charge on any atom is 0.228 e. The molecule has 9 nitrogen and oxygen atoms in total. The summed E-state index contributed by atoms with van der Waals surface area (Å²) < 4.78 is 7.02. The van der Waals surface area contributed by atoms with Crippen molar-refractivity contribution in [2.75, 3.05) is 13.1 Å². The van der Waals surface area contributed by atoms with Crippen molar-refractivity contribution < 1.29 is 4.52 Å². The van der Waals surface area contributed by atoms with Crippen LogP contribution in [-0.2, 0) is 13.0 Å². The molecule has 0 aromatic carbocycles. The number of nitrogens with one attached hydrogen (secondary N) is 2. The molecular weight excluding hydrogens is 435 g/mol. The average Bonchev–Trinajstić information content (AvgIpc) is 3.19. The van der Waals surface area contributed by atoms with Gasteiger partial charge in [-0.15, -0.1) is 34.2 Å². The normalized spacial score (nSPS) is 11.4. The second-order valence-corrected chi connectivity index (χ2v) is 5.15. The van der Waals surface area contributed by atoms with E-state index in [0.717, 1.165) is 18.0 Å². The molecule has 3 heterocycles. The van der Waals surface area contributed by atoms with Gasteiger partial charge in [0.15, 0.2) is 23.3 Å². The Kier molecular flexibility index (Phi) is 7.10. The third-order valence-electron chi connectivity index (χ3n) is 3.31. The molecule has 0 fully saturated rings. The van der Waals surface area contributed by atoms with Crippen LogP contribution in [0.5, 0.6) is 0 Å². The first-order valence-electron chi connectivity index (χ1n) is 7.86. The standard InChI is InChI=1S/C15H20N8O.HI/c1-3-16-15(17-8-7-14-19-11(2)22-24-14)18-10-13-21-20-12-6-4-5-9-23(12)13;/h4-6,9H,3,7-8,10H2,1-2H3,(H2,16,17,18);1H. The van der Waals surface area contributed by atoms with Crippen molar-refractivity contribution in [1.29, 1.82) is 0 Å². The van der Waals surface area contributed by atoms with E-state index in [-0.39, 0.29) is 24.0 Å². The fraction of sp³-hybridized carbons (Fsp3) is 0.400. The summed E-state index contributed by atoms with van der Waals surface area (Å²) in [6.07, 6.45) is 2.57. The van der Waals surface area contributed by atoms with Gasteiger partial charge in [0.1, 0.15) is 6.54 Å². The summed E-state index contributed by atoms with van der Waals surface area (Å²) in [5, 5.41) is 18.5. The molecule has 3 aromatic heterocycles. The van der Waals surface area contributed by atoms with E-state index >= 15 is 0 Å². The van der Waals surface area contributed by atoms with Crippen molar-refractivity contribution in [3.8, 4) is 0 Å². The maximum absolute atomic E-state index is 5.09. The fourth-order valence-corrected chi connectivity index (χ4v) is 2.22. The van der Waals surface area contributed by atoms with Crippen molar-refractivity contribution in [3.63, 3.8) is 0 Å². The molecule has 10 heteroatoms. The lowest BCUT2D eigenvalue weighted by Crippen LogP contribution is -2.38. The monoisotopic (exact) mass is 456 g/mol. The van der Waals surface area contributed by atoms with E-state index in [4.69, 9.17) is 4.52 Å². The molecule has 0 aliphatic heterocycles. The van der Waals surface area contributed by atoms with E-state index in [1.54, 1.807) is 6.92 Å². The molecular formula is C15H21IN8O. The molecule has 2 N–H and O–H groups in total. The minimum Gasteiger partial charge on any atom is -0.357 e. The van der Waals surface area contributed by atoms with Crippen LogP contribution in [0.15, 0.2) is 33.9 Å². The Morgan fingerprint density at radius 1 is 1.28 bits per heavy atom. The van der Waals surface area contributed by atoms with E-state index in [0.29, 0.717) is 37.2 Å². The van der Waals surface area contributed by atoms with Gasteiger partial charge in [0.25, 0.3) is 0 Å². The van der Waals surface area contributed by atoms with Gasteiger partial charge in [-0.05, 0) is 26.0 Å². The quantitative estimate of drug-likeness (QED) is 0.328. The Balaban J connectivity index is 0.00000225. The zero-order valence-corrected chi connectivity index (χ0v) is 16.5. The number of aryl methyl sites for hydroxylation is 1. The van der Waals surface area contributed by atoms with Crippen LogP contribution in [0.1, 0.15) is 24.5 Å². The molecule has 0 atom stereocenters. The van der Waals surface area contributed by atoms with Gasteiger partial charge in [-0.25, -0.2) is 4.99 Å². The Labute approximate surface area is 162 Å². The number of hydrogen-bond donors (Lipinski definition) is 2. The molecule has 134 valence electrons. The lowest BCUT2D eigenvalue weighted by Gasteiger charge is -2.09. The molecule has 25 heavy (non-hydrogen) atoms. The van der Waals surface area contributed by atoms with Crippen molar-refractivity contribution in [2.45, 2.75) is 26.8 Å². The fourth-order valence-electron chi connectivity index (χ4n) is 2.22. The van der Waals surface area contributed by atoms with Crippen molar-refractivity contribution in [1.82, 2.24) is 35.4 Å². The van der Waals surface area contributed by atoms with Crippen molar-refractivity contribution in [2.24, 2.45) is 4.99 Å². The van der Waals surface area contributed by atoms with E-state index in [1.807, 2.05) is 35.7 Å². The molecule has 0 aliphatic rings. The second-order valence-electron chi connectivity index (χ2n) is 5.15. The molecule has 3 aromatic rings. The highest BCUT2D eigenvalue weighted by molar-refractivity contribution is 14.0. The third-order valence-corrected chi connectivity index (χ3v) is 3.31. The SMILES string of the molecule is CCNC(=NCc1nnc2ccccn12)NCCc1nc(C)no1.I. The highest BCUT2D eigenvalue weighted by Gasteiger charge is 2.06. The van der Waals surface area contributed by atoms with E-state index < -0.39 is 0 Å². The third kappa shape index (κ3) is 5.11. The number of aliphatic imine (C=N–C) groups is 1. The van der Waals surface area contributed by atoms with E-state index in [9.17, 15) is 0 Å². The van der Waals surface area contributed by atoms with Crippen LogP contribution in [-0.4, -0.2) is 43.8 Å². The first-order chi connectivity index (χ1) is 11.8. The number of pyridine rings is 1. The van der Waals surface area contributed by atoms with Crippen LogP contribution < -0.4 is 10.6 Å². The molecule has 3 rings (SSSR count). The summed E-state index contributed by atoms with van der Waals surface area (Å²) in [5.74, 6) is 2.75. The van der Waals surface area contributed by atoms with Crippen LogP contribution in [0.4, 0.5) is 0 Å². The van der Waals surface area contributed by atoms with Gasteiger partial charge in [-0.2, -0.15) is 4.98 Å². The predicted molar refractivity (Wildman–Crippen MR) is 104 cm³/mol. The van der Waals surface area contributed by atoms with Gasteiger partial charge in [0.05, 0.1) is 0 Å². The lowest BCUT2D eigenvalue weighted by atomic mass is 10.4. The number of nitrogens with zero attached hydrogens (tertiary/aromatic N) is 6. The number of halogens is 1. The second kappa shape index (κ2) is 9.30. The molecule has 0 bridgehead atoms. The summed E-state index contributed by atoms with van der Waals surface area (Å²) in [6, 6.07) is 5.79. The molecule has 0 aliphatic carbocycles. The van der Waals surface area contributed by atoms with Crippen LogP contribution in [0.25, 0.3) is 5.65 Å². The zero-order chi connectivity index (χ0) is 16.8. The van der Waals surface area contributed by atoms with Crippen LogP contribution >= 0.6 is 24.0 Å². The minimum absolute atomic E-state index is 0. The Hall–Kier alpha value is -2.24. The first-order valence-corrected chi connectivity index (χ1v) is 7.86. The van der Waals surface area contributed by atoms with Crippen LogP contribution in [0, 0.1) is 6.92 Å². The lowest BCUT2D eigenvalue weighted by molar-refractivity contribution is 0.374. The molecule has 0 unspecified atom stereocenters. The van der Waals surface area contributed by atoms with E-state index in [2.05, 4.69) is 36.0 Å². The Morgan fingerprint density at radius 3 is 2.92 bits per heavy atom. The Bertz CT molecular complexity index is 828. The number of fused-ring (bicyclic) bond motifs is 1. The van der Waals surface area contributed by atoms with Gasteiger partial charge in [-0.1, -0.05) is 11.2 Å². The summed E-state index contributed by atoms with van der Waals surface area (Å²) in [7, 11) is 0. The summed E-state index contributed by atoms with van der Waals surface area (Å²) in [5.41, 5.74) is 0.812. The van der Waals surface area contributed by atoms with Gasteiger partial charge < -0.3 is 15.2 Å². The van der Waals surface area contributed by atoms with Crippen molar-refractivity contribution >= 4 is 35.6 Å². The number of aromatic nitrogens is 5. The van der Waals surface area contributed by atoms with E-state index in [1.165, 1.54) is 0 Å². The van der Waals surface area contributed by atoms with Gasteiger partial charge in [-0.3, -0.25) is 4.40 Å². The first kappa shape index (κ1) is 19.1. The molecule has 0 radical (unpaired) electrons. The summed E-state index contributed by atoms with van der Waals surface area (Å²) in [6.45, 7) is 5.67. The topological polar surface area (TPSA) is 106 Å². The average molecular weight is 456 g/mol. The number of hydrogen-bond acceptors (Lipinski definition) is 6. The highest BCUT2D eigenvalue weighted by atomic mass is 127. The summed E-state index contributed by atoms with van der Waals surface area (Å²) in [4.78, 5) is 8.72. The van der Waals surface area contributed by atoms with Crippen molar-refractivity contribution in [3.05, 3.63) is 41.9 Å². The van der Waals surface area contributed by atoms with Gasteiger partial charge in [0, 0.05) is 25.7 Å². The number of rotatable bonds is 6. The molecule has 0 spiro atoms. The Morgan fingerprint density at radius 2 is 2.16 bits per heavy atom. The smallest absolute Gasteiger partial charge is 0.228 e. The maximum atomic E-state index is 5.09. The highest BCUT2D eigenvalue weighted by Crippen LogP contribution is 2.03. The van der Waals surface area contributed by atoms with Crippen LogP contribution in [0.2, 0.25) is 0 Å².